The van der Waals surface area contributed by atoms with E-state index in [-0.39, 0.29) is 12.3 Å². The molecule has 3 N–H and O–H groups in total. The fourth-order valence-electron chi connectivity index (χ4n) is 2.19. The van der Waals surface area contributed by atoms with Crippen LogP contribution < -0.4 is 5.73 Å². The van der Waals surface area contributed by atoms with Gasteiger partial charge < -0.3 is 15.7 Å². The van der Waals surface area contributed by atoms with Crippen LogP contribution in [0.15, 0.2) is 28.7 Å². The van der Waals surface area contributed by atoms with E-state index in [0.717, 1.165) is 10.0 Å². The minimum Gasteiger partial charge on any atom is -0.479 e. The standard InChI is InChI=1S/C15H21BrN2O3/c1-10(2)8-15(17,14(20)21)13(19)18(3)9-11-4-6-12(16)7-5-11/h4-7,10H,8-9,17H2,1-3H3,(H,20,21)/t15-/m0/s1. The Kier molecular flexibility index (Phi) is 5.92. The number of halogens is 1. The molecule has 0 saturated carbocycles. The molecule has 0 heterocycles. The third kappa shape index (κ3) is 4.54. The lowest BCUT2D eigenvalue weighted by Crippen LogP contribution is -2.60. The maximum atomic E-state index is 12.4. The number of carbonyl (C=O) groups excluding carboxylic acids is 1. The van der Waals surface area contributed by atoms with Crippen molar-refractivity contribution in [2.75, 3.05) is 7.05 Å². The van der Waals surface area contributed by atoms with Crippen molar-refractivity contribution in [1.29, 1.82) is 0 Å². The Hall–Kier alpha value is -1.40. The normalized spacial score (nSPS) is 13.8. The van der Waals surface area contributed by atoms with Gasteiger partial charge in [0.1, 0.15) is 0 Å². The maximum Gasteiger partial charge on any atom is 0.333 e. The zero-order valence-electron chi connectivity index (χ0n) is 12.5. The molecule has 1 aromatic carbocycles. The van der Waals surface area contributed by atoms with E-state index in [1.807, 2.05) is 38.1 Å². The molecule has 0 aliphatic heterocycles. The minimum absolute atomic E-state index is 0.0103. The van der Waals surface area contributed by atoms with Crippen LogP contribution >= 0.6 is 15.9 Å². The van der Waals surface area contributed by atoms with Crippen LogP contribution in [-0.4, -0.2) is 34.5 Å². The smallest absolute Gasteiger partial charge is 0.333 e. The molecule has 5 nitrogen and oxygen atoms in total. The molecule has 0 fully saturated rings. The van der Waals surface area contributed by atoms with Gasteiger partial charge in [-0.05, 0) is 30.0 Å². The number of carbonyl (C=O) groups is 2. The van der Waals surface area contributed by atoms with Crippen LogP contribution in [0.1, 0.15) is 25.8 Å². The molecule has 1 atom stereocenters. The molecule has 0 aliphatic carbocycles. The second kappa shape index (κ2) is 7.04. The fraction of sp³-hybridized carbons (Fsp3) is 0.467. The topological polar surface area (TPSA) is 83.6 Å². The molecular weight excluding hydrogens is 336 g/mol. The number of rotatable bonds is 6. The first kappa shape index (κ1) is 17.7. The van der Waals surface area contributed by atoms with Gasteiger partial charge in [0, 0.05) is 18.1 Å². The summed E-state index contributed by atoms with van der Waals surface area (Å²) in [7, 11) is 1.56. The van der Waals surface area contributed by atoms with Crippen molar-refractivity contribution >= 4 is 27.8 Å². The number of aliphatic carboxylic acids is 1. The highest BCUT2D eigenvalue weighted by atomic mass is 79.9. The molecule has 0 saturated heterocycles. The molecule has 21 heavy (non-hydrogen) atoms. The summed E-state index contributed by atoms with van der Waals surface area (Å²) in [5.74, 6) is -1.85. The molecule has 0 aliphatic rings. The molecule has 1 rings (SSSR count). The van der Waals surface area contributed by atoms with Gasteiger partial charge in [0.15, 0.2) is 5.54 Å². The van der Waals surface area contributed by atoms with Gasteiger partial charge in [-0.3, -0.25) is 4.79 Å². The molecule has 0 bridgehead atoms. The SMILES string of the molecule is CC(C)C[C@@](N)(C(=O)O)C(=O)N(C)Cc1ccc(Br)cc1. The quantitative estimate of drug-likeness (QED) is 0.765. The molecule has 116 valence electrons. The second-order valence-corrected chi connectivity index (χ2v) is 6.58. The first-order valence-corrected chi connectivity index (χ1v) is 7.48. The number of benzene rings is 1. The van der Waals surface area contributed by atoms with Crippen molar-refractivity contribution in [1.82, 2.24) is 4.90 Å². The van der Waals surface area contributed by atoms with Gasteiger partial charge in [-0.1, -0.05) is 41.9 Å². The molecule has 0 unspecified atom stereocenters. The van der Waals surface area contributed by atoms with E-state index in [4.69, 9.17) is 5.73 Å². The lowest BCUT2D eigenvalue weighted by atomic mass is 9.88. The Morgan fingerprint density at radius 3 is 2.29 bits per heavy atom. The van der Waals surface area contributed by atoms with Crippen LogP contribution in [0.2, 0.25) is 0 Å². The fourth-order valence-corrected chi connectivity index (χ4v) is 2.45. The number of likely N-dealkylation sites (N-methyl/N-ethyl adjacent to an activating group) is 1. The summed E-state index contributed by atoms with van der Waals surface area (Å²) in [6.07, 6.45) is 0.103. The van der Waals surface area contributed by atoms with E-state index >= 15 is 0 Å². The number of carboxylic acid groups (broad SMARTS) is 1. The number of nitrogens with two attached hydrogens (primary N) is 1. The predicted octanol–water partition coefficient (Wildman–Crippen LogP) is 2.24. The van der Waals surface area contributed by atoms with Crippen LogP contribution in [0.25, 0.3) is 0 Å². The lowest BCUT2D eigenvalue weighted by molar-refractivity contribution is -0.154. The second-order valence-electron chi connectivity index (χ2n) is 5.66. The highest BCUT2D eigenvalue weighted by Crippen LogP contribution is 2.19. The number of hydrogen-bond acceptors (Lipinski definition) is 3. The average Bonchev–Trinajstić information content (AvgIpc) is 2.39. The van der Waals surface area contributed by atoms with Crippen molar-refractivity contribution in [2.24, 2.45) is 11.7 Å². The first-order valence-electron chi connectivity index (χ1n) is 6.69. The van der Waals surface area contributed by atoms with Gasteiger partial charge >= 0.3 is 5.97 Å². The van der Waals surface area contributed by atoms with Crippen LogP contribution in [0.4, 0.5) is 0 Å². The van der Waals surface area contributed by atoms with Gasteiger partial charge in [-0.15, -0.1) is 0 Å². The largest absolute Gasteiger partial charge is 0.479 e. The van der Waals surface area contributed by atoms with Crippen LogP contribution in [0.5, 0.6) is 0 Å². The van der Waals surface area contributed by atoms with Crippen LogP contribution in [0.3, 0.4) is 0 Å². The number of nitrogens with zero attached hydrogens (tertiary/aromatic N) is 1. The monoisotopic (exact) mass is 356 g/mol. The summed E-state index contributed by atoms with van der Waals surface area (Å²) in [6.45, 7) is 4.00. The summed E-state index contributed by atoms with van der Waals surface area (Å²) in [6, 6.07) is 7.48. The first-order chi connectivity index (χ1) is 9.66. The highest BCUT2D eigenvalue weighted by molar-refractivity contribution is 9.10. The average molecular weight is 357 g/mol. The molecule has 1 aromatic rings. The van der Waals surface area contributed by atoms with Gasteiger partial charge in [-0.25, -0.2) is 4.79 Å². The predicted molar refractivity (Wildman–Crippen MR) is 84.6 cm³/mol. The number of carboxylic acids is 1. The lowest BCUT2D eigenvalue weighted by Gasteiger charge is -2.30. The van der Waals surface area contributed by atoms with Crippen molar-refractivity contribution in [3.05, 3.63) is 34.3 Å². The summed E-state index contributed by atoms with van der Waals surface area (Å²) in [5, 5.41) is 9.32. The third-order valence-electron chi connectivity index (χ3n) is 3.17. The van der Waals surface area contributed by atoms with Crippen LogP contribution in [-0.2, 0) is 16.1 Å². The Labute approximate surface area is 133 Å². The van der Waals surface area contributed by atoms with E-state index in [1.165, 1.54) is 4.90 Å². The molecule has 0 spiro atoms. The maximum absolute atomic E-state index is 12.4. The van der Waals surface area contributed by atoms with Gasteiger partial charge in [0.25, 0.3) is 5.91 Å². The Morgan fingerprint density at radius 1 is 1.33 bits per heavy atom. The zero-order valence-corrected chi connectivity index (χ0v) is 14.1. The van der Waals surface area contributed by atoms with E-state index in [0.29, 0.717) is 6.54 Å². The molecule has 1 amide bonds. The third-order valence-corrected chi connectivity index (χ3v) is 3.70. The Bertz CT molecular complexity index is 516. The van der Waals surface area contributed by atoms with E-state index in [9.17, 15) is 14.7 Å². The van der Waals surface area contributed by atoms with Crippen molar-refractivity contribution in [3.8, 4) is 0 Å². The van der Waals surface area contributed by atoms with Crippen molar-refractivity contribution < 1.29 is 14.7 Å². The van der Waals surface area contributed by atoms with Crippen LogP contribution in [0, 0.1) is 5.92 Å². The Balaban J connectivity index is 2.88. The van der Waals surface area contributed by atoms with Crippen molar-refractivity contribution in [3.63, 3.8) is 0 Å². The number of amides is 1. The minimum atomic E-state index is -1.88. The molecular formula is C15H21BrN2O3. The van der Waals surface area contributed by atoms with Gasteiger partial charge in [0.05, 0.1) is 0 Å². The van der Waals surface area contributed by atoms with Crippen molar-refractivity contribution in [2.45, 2.75) is 32.4 Å². The van der Waals surface area contributed by atoms with Gasteiger partial charge in [0.2, 0.25) is 0 Å². The van der Waals surface area contributed by atoms with E-state index < -0.39 is 17.4 Å². The zero-order chi connectivity index (χ0) is 16.2. The summed E-state index contributed by atoms with van der Waals surface area (Å²) in [4.78, 5) is 25.2. The molecule has 0 aromatic heterocycles. The highest BCUT2D eigenvalue weighted by Gasteiger charge is 2.44. The number of hydrogen-bond donors (Lipinski definition) is 2. The molecule has 6 heteroatoms. The molecule has 0 radical (unpaired) electrons. The summed E-state index contributed by atoms with van der Waals surface area (Å²) < 4.78 is 0.943. The Morgan fingerprint density at radius 2 is 1.86 bits per heavy atom. The van der Waals surface area contributed by atoms with Gasteiger partial charge in [-0.2, -0.15) is 0 Å². The van der Waals surface area contributed by atoms with E-state index in [2.05, 4.69) is 15.9 Å². The summed E-state index contributed by atoms with van der Waals surface area (Å²) in [5.41, 5.74) is 4.90. The van der Waals surface area contributed by atoms with E-state index in [1.54, 1.807) is 7.05 Å². The summed E-state index contributed by atoms with van der Waals surface area (Å²) >= 11 is 3.34.